The Morgan fingerprint density at radius 3 is 2.36 bits per heavy atom. The molecular weight excluding hydrogens is 180 g/mol. The molecule has 0 radical (unpaired) electrons. The molecule has 0 aliphatic rings. The van der Waals surface area contributed by atoms with Crippen LogP contribution in [0.25, 0.3) is 0 Å². The SMILES string of the molecule is C=CC(=O)OC(=O)c1ccc(C)cc1. The molecule has 0 amide bonds. The van der Waals surface area contributed by atoms with Crippen LogP contribution in [0.15, 0.2) is 36.9 Å². The summed E-state index contributed by atoms with van der Waals surface area (Å²) in [7, 11) is 0. The molecule has 72 valence electrons. The van der Waals surface area contributed by atoms with Gasteiger partial charge in [0.1, 0.15) is 0 Å². The Morgan fingerprint density at radius 1 is 1.29 bits per heavy atom. The van der Waals surface area contributed by atoms with Crippen molar-refractivity contribution in [1.82, 2.24) is 0 Å². The summed E-state index contributed by atoms with van der Waals surface area (Å²) in [6.07, 6.45) is 0.950. The zero-order valence-corrected chi connectivity index (χ0v) is 7.82. The van der Waals surface area contributed by atoms with E-state index < -0.39 is 11.9 Å². The summed E-state index contributed by atoms with van der Waals surface area (Å²) in [5.74, 6) is -1.40. The lowest BCUT2D eigenvalue weighted by Gasteiger charge is -1.99. The van der Waals surface area contributed by atoms with Crippen LogP contribution in [0.2, 0.25) is 0 Å². The van der Waals surface area contributed by atoms with Crippen LogP contribution >= 0.6 is 0 Å². The van der Waals surface area contributed by atoms with Crippen LogP contribution in [0.4, 0.5) is 0 Å². The summed E-state index contributed by atoms with van der Waals surface area (Å²) >= 11 is 0. The second-order valence-corrected chi connectivity index (χ2v) is 2.78. The molecule has 3 nitrogen and oxygen atoms in total. The van der Waals surface area contributed by atoms with Crippen LogP contribution in [0, 0.1) is 6.92 Å². The average Bonchev–Trinajstić information content (AvgIpc) is 2.18. The monoisotopic (exact) mass is 190 g/mol. The number of benzene rings is 1. The van der Waals surface area contributed by atoms with Gasteiger partial charge in [0.2, 0.25) is 0 Å². The van der Waals surface area contributed by atoms with Crippen molar-refractivity contribution in [3.8, 4) is 0 Å². The minimum atomic E-state index is -0.740. The molecule has 0 N–H and O–H groups in total. The molecule has 3 heteroatoms. The van der Waals surface area contributed by atoms with Gasteiger partial charge < -0.3 is 4.74 Å². The van der Waals surface area contributed by atoms with Crippen LogP contribution in [-0.4, -0.2) is 11.9 Å². The third-order valence-electron chi connectivity index (χ3n) is 1.65. The Kier molecular flexibility index (Phi) is 3.18. The second-order valence-electron chi connectivity index (χ2n) is 2.78. The van der Waals surface area contributed by atoms with E-state index in [0.717, 1.165) is 11.6 Å². The molecule has 0 aliphatic heterocycles. The van der Waals surface area contributed by atoms with Crippen LogP contribution in [-0.2, 0) is 9.53 Å². The molecule has 0 fully saturated rings. The maximum Gasteiger partial charge on any atom is 0.346 e. The molecule has 0 saturated heterocycles. The lowest BCUT2D eigenvalue weighted by atomic mass is 10.1. The number of hydrogen-bond acceptors (Lipinski definition) is 3. The van der Waals surface area contributed by atoms with E-state index in [1.165, 1.54) is 0 Å². The quantitative estimate of drug-likeness (QED) is 0.406. The third kappa shape index (κ3) is 2.55. The minimum Gasteiger partial charge on any atom is -0.386 e. The summed E-state index contributed by atoms with van der Waals surface area (Å²) in [5, 5.41) is 0. The smallest absolute Gasteiger partial charge is 0.346 e. The molecule has 0 heterocycles. The fourth-order valence-corrected chi connectivity index (χ4v) is 0.882. The number of aryl methyl sites for hydroxylation is 1. The van der Waals surface area contributed by atoms with Crippen molar-refractivity contribution in [2.75, 3.05) is 0 Å². The summed E-state index contributed by atoms with van der Waals surface area (Å²) < 4.78 is 4.43. The van der Waals surface area contributed by atoms with Crippen LogP contribution in [0.5, 0.6) is 0 Å². The first kappa shape index (κ1) is 10.2. The van der Waals surface area contributed by atoms with E-state index in [2.05, 4.69) is 11.3 Å². The van der Waals surface area contributed by atoms with E-state index in [9.17, 15) is 9.59 Å². The first-order chi connectivity index (χ1) is 6.63. The van der Waals surface area contributed by atoms with Crippen molar-refractivity contribution >= 4 is 11.9 Å². The van der Waals surface area contributed by atoms with Gasteiger partial charge in [-0.3, -0.25) is 0 Å². The molecule has 0 unspecified atom stereocenters. The zero-order chi connectivity index (χ0) is 10.6. The molecule has 1 aromatic carbocycles. The highest BCUT2D eigenvalue weighted by molar-refractivity contribution is 5.99. The molecule has 0 aliphatic carbocycles. The normalized spacial score (nSPS) is 9.21. The van der Waals surface area contributed by atoms with Crippen molar-refractivity contribution in [2.45, 2.75) is 6.92 Å². The Morgan fingerprint density at radius 2 is 1.86 bits per heavy atom. The second kappa shape index (κ2) is 4.37. The molecular formula is C11H10O3. The predicted molar refractivity (Wildman–Crippen MR) is 51.8 cm³/mol. The summed E-state index contributed by atoms with van der Waals surface area (Å²) in [5.41, 5.74) is 1.39. The lowest BCUT2D eigenvalue weighted by molar-refractivity contribution is -0.132. The number of carbonyl (C=O) groups excluding carboxylic acids is 2. The molecule has 0 bridgehead atoms. The van der Waals surface area contributed by atoms with E-state index in [-0.39, 0.29) is 0 Å². The van der Waals surface area contributed by atoms with Crippen LogP contribution in [0.1, 0.15) is 15.9 Å². The van der Waals surface area contributed by atoms with Gasteiger partial charge in [-0.1, -0.05) is 24.3 Å². The number of ether oxygens (including phenoxy) is 1. The maximum atomic E-state index is 11.2. The lowest BCUT2D eigenvalue weighted by Crippen LogP contribution is -2.09. The van der Waals surface area contributed by atoms with Crippen LogP contribution in [0.3, 0.4) is 0 Å². The van der Waals surface area contributed by atoms with Crippen LogP contribution < -0.4 is 0 Å². The zero-order valence-electron chi connectivity index (χ0n) is 7.82. The summed E-state index contributed by atoms with van der Waals surface area (Å²) in [6, 6.07) is 6.76. The standard InChI is InChI=1S/C11H10O3/c1-3-10(12)14-11(13)9-6-4-8(2)5-7-9/h3-7H,1H2,2H3. The largest absolute Gasteiger partial charge is 0.386 e. The fourth-order valence-electron chi connectivity index (χ4n) is 0.882. The first-order valence-electron chi connectivity index (χ1n) is 4.08. The van der Waals surface area contributed by atoms with Crippen molar-refractivity contribution in [3.63, 3.8) is 0 Å². The van der Waals surface area contributed by atoms with Crippen molar-refractivity contribution in [2.24, 2.45) is 0 Å². The molecule has 1 rings (SSSR count). The number of hydrogen-bond donors (Lipinski definition) is 0. The van der Waals surface area contributed by atoms with Gasteiger partial charge in [-0.15, -0.1) is 0 Å². The molecule has 1 aromatic rings. The minimum absolute atomic E-state index is 0.353. The molecule has 0 saturated carbocycles. The number of esters is 2. The maximum absolute atomic E-state index is 11.2. The van der Waals surface area contributed by atoms with E-state index in [4.69, 9.17) is 0 Å². The highest BCUT2D eigenvalue weighted by Gasteiger charge is 2.09. The van der Waals surface area contributed by atoms with Gasteiger partial charge in [-0.05, 0) is 19.1 Å². The van der Waals surface area contributed by atoms with Gasteiger partial charge >= 0.3 is 11.9 Å². The van der Waals surface area contributed by atoms with E-state index in [1.54, 1.807) is 24.3 Å². The highest BCUT2D eigenvalue weighted by Crippen LogP contribution is 2.04. The molecule has 14 heavy (non-hydrogen) atoms. The van der Waals surface area contributed by atoms with Crippen molar-refractivity contribution in [1.29, 1.82) is 0 Å². The average molecular weight is 190 g/mol. The number of carbonyl (C=O) groups is 2. The van der Waals surface area contributed by atoms with Gasteiger partial charge in [0.05, 0.1) is 5.56 Å². The summed E-state index contributed by atoms with van der Waals surface area (Å²) in [4.78, 5) is 21.9. The Labute approximate surface area is 82.0 Å². The van der Waals surface area contributed by atoms with Gasteiger partial charge in [0, 0.05) is 6.08 Å². The summed E-state index contributed by atoms with van der Waals surface area (Å²) in [6.45, 7) is 5.10. The fraction of sp³-hybridized carbons (Fsp3) is 0.0909. The molecule has 0 aromatic heterocycles. The first-order valence-corrected chi connectivity index (χ1v) is 4.08. The van der Waals surface area contributed by atoms with Gasteiger partial charge in [-0.2, -0.15) is 0 Å². The van der Waals surface area contributed by atoms with E-state index >= 15 is 0 Å². The van der Waals surface area contributed by atoms with Crippen molar-refractivity contribution < 1.29 is 14.3 Å². The van der Waals surface area contributed by atoms with E-state index in [1.807, 2.05) is 6.92 Å². The van der Waals surface area contributed by atoms with E-state index in [0.29, 0.717) is 5.56 Å². The van der Waals surface area contributed by atoms with Gasteiger partial charge in [0.15, 0.2) is 0 Å². The topological polar surface area (TPSA) is 43.4 Å². The highest BCUT2D eigenvalue weighted by atomic mass is 16.6. The van der Waals surface area contributed by atoms with Gasteiger partial charge in [-0.25, -0.2) is 9.59 Å². The van der Waals surface area contributed by atoms with Crippen molar-refractivity contribution in [3.05, 3.63) is 48.0 Å². The Balaban J connectivity index is 2.75. The molecule has 0 spiro atoms. The molecule has 0 atom stereocenters. The third-order valence-corrected chi connectivity index (χ3v) is 1.65. The predicted octanol–water partition coefficient (Wildman–Crippen LogP) is 1.86. The number of rotatable bonds is 2. The Bertz CT molecular complexity index is 363. The Hall–Kier alpha value is -1.90. The van der Waals surface area contributed by atoms with Gasteiger partial charge in [0.25, 0.3) is 0 Å².